The van der Waals surface area contributed by atoms with Gasteiger partial charge in [0, 0.05) is 18.5 Å². The highest BCUT2D eigenvalue weighted by atomic mass is 35.5. The van der Waals surface area contributed by atoms with E-state index in [0.29, 0.717) is 11.5 Å². The summed E-state index contributed by atoms with van der Waals surface area (Å²) in [5.74, 6) is 0.361. The molecule has 2 heterocycles. The van der Waals surface area contributed by atoms with E-state index >= 15 is 0 Å². The van der Waals surface area contributed by atoms with Crippen LogP contribution in [0.1, 0.15) is 23.7 Å². The average Bonchev–Trinajstić information content (AvgIpc) is 2.33. The average molecular weight is 240 g/mol. The lowest BCUT2D eigenvalue weighted by Crippen LogP contribution is -2.43. The van der Waals surface area contributed by atoms with E-state index in [1.165, 1.54) is 12.4 Å². The Balaban J connectivity index is 2.06. The van der Waals surface area contributed by atoms with Crippen molar-refractivity contribution in [2.24, 2.45) is 5.92 Å². The van der Waals surface area contributed by atoms with Gasteiger partial charge in [-0.25, -0.2) is 0 Å². The van der Waals surface area contributed by atoms with Crippen molar-refractivity contribution in [1.29, 1.82) is 0 Å². The number of amides is 1. The van der Waals surface area contributed by atoms with E-state index in [-0.39, 0.29) is 11.3 Å². The predicted molar refractivity (Wildman–Crippen MR) is 61.4 cm³/mol. The van der Waals surface area contributed by atoms with E-state index in [0.717, 1.165) is 19.5 Å². The first-order valence-electron chi connectivity index (χ1n) is 5.38. The van der Waals surface area contributed by atoms with Crippen LogP contribution in [-0.4, -0.2) is 39.5 Å². The van der Waals surface area contributed by atoms with Crippen molar-refractivity contribution in [3.63, 3.8) is 0 Å². The van der Waals surface area contributed by atoms with Crippen molar-refractivity contribution in [3.05, 3.63) is 24.0 Å². The standard InChI is InChI=1S/C11H14ClN3O/c1-8-7-15(5-3-10(8)12)11(16)9-2-4-13-14-6-9/h2,4,6,8,10H,3,5,7H2,1H3. The maximum Gasteiger partial charge on any atom is 0.255 e. The smallest absolute Gasteiger partial charge is 0.255 e. The summed E-state index contributed by atoms with van der Waals surface area (Å²) in [4.78, 5) is 13.9. The van der Waals surface area contributed by atoms with E-state index in [1.54, 1.807) is 6.07 Å². The summed E-state index contributed by atoms with van der Waals surface area (Å²) in [6, 6.07) is 1.69. The molecule has 0 aliphatic carbocycles. The van der Waals surface area contributed by atoms with Crippen LogP contribution in [0.2, 0.25) is 0 Å². The molecule has 2 rings (SSSR count). The molecule has 0 radical (unpaired) electrons. The number of carbonyl (C=O) groups is 1. The fourth-order valence-electron chi connectivity index (χ4n) is 1.90. The maximum atomic E-state index is 12.1. The zero-order valence-electron chi connectivity index (χ0n) is 9.14. The Morgan fingerprint density at radius 2 is 2.38 bits per heavy atom. The molecule has 1 amide bonds. The van der Waals surface area contributed by atoms with Crippen LogP contribution in [0, 0.1) is 5.92 Å². The molecule has 1 aromatic rings. The van der Waals surface area contributed by atoms with E-state index < -0.39 is 0 Å². The van der Waals surface area contributed by atoms with Crippen molar-refractivity contribution in [2.75, 3.05) is 13.1 Å². The number of nitrogens with zero attached hydrogens (tertiary/aromatic N) is 3. The quantitative estimate of drug-likeness (QED) is 0.699. The molecule has 1 aliphatic rings. The second kappa shape index (κ2) is 4.78. The second-order valence-electron chi connectivity index (χ2n) is 4.16. The van der Waals surface area contributed by atoms with Crippen molar-refractivity contribution < 1.29 is 4.79 Å². The van der Waals surface area contributed by atoms with Crippen LogP contribution < -0.4 is 0 Å². The Labute approximate surface area is 99.6 Å². The van der Waals surface area contributed by atoms with E-state index in [2.05, 4.69) is 17.1 Å². The molecule has 86 valence electrons. The van der Waals surface area contributed by atoms with E-state index in [9.17, 15) is 4.79 Å². The fourth-order valence-corrected chi connectivity index (χ4v) is 2.08. The summed E-state index contributed by atoms with van der Waals surface area (Å²) in [7, 11) is 0. The van der Waals surface area contributed by atoms with Crippen LogP contribution in [-0.2, 0) is 0 Å². The Kier molecular flexibility index (Phi) is 3.39. The molecule has 0 spiro atoms. The maximum absolute atomic E-state index is 12.1. The van der Waals surface area contributed by atoms with Gasteiger partial charge in [0.1, 0.15) is 0 Å². The zero-order valence-corrected chi connectivity index (χ0v) is 9.89. The monoisotopic (exact) mass is 239 g/mol. The van der Waals surface area contributed by atoms with Gasteiger partial charge in [-0.2, -0.15) is 10.2 Å². The van der Waals surface area contributed by atoms with Gasteiger partial charge in [0.15, 0.2) is 0 Å². The predicted octanol–water partition coefficient (Wildman–Crippen LogP) is 1.57. The normalized spacial score (nSPS) is 25.5. The minimum Gasteiger partial charge on any atom is -0.338 e. The molecule has 1 aliphatic heterocycles. The molecule has 5 heteroatoms. The summed E-state index contributed by atoms with van der Waals surface area (Å²) in [6.45, 7) is 3.51. The van der Waals surface area contributed by atoms with Gasteiger partial charge < -0.3 is 4.90 Å². The fraction of sp³-hybridized carbons (Fsp3) is 0.545. The van der Waals surface area contributed by atoms with Gasteiger partial charge in [0.25, 0.3) is 5.91 Å². The van der Waals surface area contributed by atoms with E-state index in [4.69, 9.17) is 11.6 Å². The van der Waals surface area contributed by atoms with Crippen LogP contribution in [0.3, 0.4) is 0 Å². The Bertz CT molecular complexity index is 371. The second-order valence-corrected chi connectivity index (χ2v) is 4.72. The third-order valence-electron chi connectivity index (χ3n) is 2.92. The Hall–Kier alpha value is -1.16. The van der Waals surface area contributed by atoms with Crippen LogP contribution >= 0.6 is 11.6 Å². The largest absolute Gasteiger partial charge is 0.338 e. The van der Waals surface area contributed by atoms with Gasteiger partial charge in [-0.1, -0.05) is 6.92 Å². The number of halogens is 1. The third-order valence-corrected chi connectivity index (χ3v) is 3.57. The summed E-state index contributed by atoms with van der Waals surface area (Å²) in [5, 5.41) is 7.55. The van der Waals surface area contributed by atoms with Crippen molar-refractivity contribution in [3.8, 4) is 0 Å². The highest BCUT2D eigenvalue weighted by molar-refractivity contribution is 6.20. The molecule has 0 aromatic carbocycles. The molecule has 1 saturated heterocycles. The van der Waals surface area contributed by atoms with Crippen LogP contribution in [0.25, 0.3) is 0 Å². The first-order chi connectivity index (χ1) is 7.68. The van der Waals surface area contributed by atoms with Crippen molar-refractivity contribution in [1.82, 2.24) is 15.1 Å². The molecule has 0 saturated carbocycles. The van der Waals surface area contributed by atoms with Gasteiger partial charge in [-0.05, 0) is 18.4 Å². The van der Waals surface area contributed by atoms with Gasteiger partial charge in [0.05, 0.1) is 18.0 Å². The first kappa shape index (κ1) is 11.3. The molecule has 0 N–H and O–H groups in total. The number of aromatic nitrogens is 2. The zero-order chi connectivity index (χ0) is 11.5. The highest BCUT2D eigenvalue weighted by Crippen LogP contribution is 2.22. The summed E-state index contributed by atoms with van der Waals surface area (Å²) in [6.07, 6.45) is 3.89. The van der Waals surface area contributed by atoms with Gasteiger partial charge in [-0.15, -0.1) is 11.6 Å². The number of alkyl halides is 1. The lowest BCUT2D eigenvalue weighted by atomic mass is 9.99. The Morgan fingerprint density at radius 3 is 3.00 bits per heavy atom. The summed E-state index contributed by atoms with van der Waals surface area (Å²) < 4.78 is 0. The summed E-state index contributed by atoms with van der Waals surface area (Å²) >= 11 is 6.12. The Morgan fingerprint density at radius 1 is 1.56 bits per heavy atom. The lowest BCUT2D eigenvalue weighted by molar-refractivity contribution is 0.0686. The van der Waals surface area contributed by atoms with Gasteiger partial charge in [0.2, 0.25) is 0 Å². The first-order valence-corrected chi connectivity index (χ1v) is 5.82. The SMILES string of the molecule is CC1CN(C(=O)c2ccnnc2)CCC1Cl. The highest BCUT2D eigenvalue weighted by Gasteiger charge is 2.27. The lowest BCUT2D eigenvalue weighted by Gasteiger charge is -2.34. The molecular weight excluding hydrogens is 226 g/mol. The molecule has 1 fully saturated rings. The molecule has 16 heavy (non-hydrogen) atoms. The van der Waals surface area contributed by atoms with Crippen molar-refractivity contribution >= 4 is 17.5 Å². The number of rotatable bonds is 1. The van der Waals surface area contributed by atoms with Gasteiger partial charge in [-0.3, -0.25) is 4.79 Å². The van der Waals surface area contributed by atoms with Crippen LogP contribution in [0.4, 0.5) is 0 Å². The molecule has 1 aromatic heterocycles. The third kappa shape index (κ3) is 2.32. The molecular formula is C11H14ClN3O. The van der Waals surface area contributed by atoms with Crippen LogP contribution in [0.5, 0.6) is 0 Å². The minimum atomic E-state index is 0.0188. The number of hydrogen-bond donors (Lipinski definition) is 0. The number of piperidine rings is 1. The van der Waals surface area contributed by atoms with Gasteiger partial charge >= 0.3 is 0 Å². The summed E-state index contributed by atoms with van der Waals surface area (Å²) in [5.41, 5.74) is 0.593. The molecule has 4 nitrogen and oxygen atoms in total. The number of likely N-dealkylation sites (tertiary alicyclic amines) is 1. The minimum absolute atomic E-state index is 0.0188. The molecule has 2 atom stereocenters. The topological polar surface area (TPSA) is 46.1 Å². The number of carbonyl (C=O) groups excluding carboxylic acids is 1. The molecule has 2 unspecified atom stereocenters. The van der Waals surface area contributed by atoms with E-state index in [1.807, 2.05) is 4.90 Å². The van der Waals surface area contributed by atoms with Crippen LogP contribution in [0.15, 0.2) is 18.5 Å². The van der Waals surface area contributed by atoms with Crippen molar-refractivity contribution in [2.45, 2.75) is 18.7 Å². The molecule has 0 bridgehead atoms. The number of hydrogen-bond acceptors (Lipinski definition) is 3.